The van der Waals surface area contributed by atoms with E-state index in [0.29, 0.717) is 5.41 Å². The Morgan fingerprint density at radius 2 is 1.89 bits per heavy atom. The predicted molar refractivity (Wildman–Crippen MR) is 76.1 cm³/mol. The minimum absolute atomic E-state index is 0.313. The zero-order valence-electron chi connectivity index (χ0n) is 11.9. The molecule has 1 aromatic carbocycles. The van der Waals surface area contributed by atoms with Crippen molar-refractivity contribution in [2.75, 3.05) is 13.7 Å². The minimum Gasteiger partial charge on any atom is -0.496 e. The third kappa shape index (κ3) is 2.54. The van der Waals surface area contributed by atoms with E-state index in [2.05, 4.69) is 26.0 Å². The molecule has 0 aliphatic heterocycles. The van der Waals surface area contributed by atoms with Gasteiger partial charge in [-0.2, -0.15) is 0 Å². The van der Waals surface area contributed by atoms with Crippen LogP contribution >= 0.6 is 0 Å². The maximum atomic E-state index is 6.04. The summed E-state index contributed by atoms with van der Waals surface area (Å²) in [5, 5.41) is 0. The van der Waals surface area contributed by atoms with Gasteiger partial charge >= 0.3 is 0 Å². The molecular formula is C16H25NO. The molecule has 0 amide bonds. The third-order valence-electron chi connectivity index (χ3n) is 4.36. The molecule has 1 fully saturated rings. The Morgan fingerprint density at radius 3 is 2.44 bits per heavy atom. The summed E-state index contributed by atoms with van der Waals surface area (Å²) in [5.41, 5.74) is 10.2. The Kier molecular flexibility index (Phi) is 3.96. The van der Waals surface area contributed by atoms with Crippen LogP contribution in [0, 0.1) is 19.3 Å². The Bertz CT molecular complexity index is 419. The Hall–Kier alpha value is -1.02. The van der Waals surface area contributed by atoms with Gasteiger partial charge in [0.25, 0.3) is 0 Å². The van der Waals surface area contributed by atoms with Gasteiger partial charge in [-0.05, 0) is 56.2 Å². The maximum Gasteiger partial charge on any atom is 0.124 e. The molecule has 18 heavy (non-hydrogen) atoms. The van der Waals surface area contributed by atoms with Crippen LogP contribution in [0.3, 0.4) is 0 Å². The van der Waals surface area contributed by atoms with Crippen molar-refractivity contribution in [2.45, 2.75) is 46.0 Å². The molecule has 1 aromatic rings. The lowest BCUT2D eigenvalue weighted by Gasteiger charge is -2.28. The van der Waals surface area contributed by atoms with E-state index < -0.39 is 0 Å². The van der Waals surface area contributed by atoms with Crippen LogP contribution in [-0.2, 0) is 6.42 Å². The average Bonchev–Trinajstić information content (AvgIpc) is 2.78. The molecule has 1 saturated carbocycles. The summed E-state index contributed by atoms with van der Waals surface area (Å²) in [5.74, 6) is 1.06. The van der Waals surface area contributed by atoms with Gasteiger partial charge in [0.05, 0.1) is 7.11 Å². The second-order valence-electron chi connectivity index (χ2n) is 5.86. The largest absolute Gasteiger partial charge is 0.496 e. The number of aryl methyl sites for hydroxylation is 2. The van der Waals surface area contributed by atoms with Gasteiger partial charge in [-0.25, -0.2) is 0 Å². The summed E-state index contributed by atoms with van der Waals surface area (Å²) < 4.78 is 5.59. The standard InChI is InChI=1S/C16H25NO/c1-12-8-13(2)15(18-3)14(9-12)10-16(11-17)6-4-5-7-16/h8-9H,4-7,10-11,17H2,1-3H3. The summed E-state index contributed by atoms with van der Waals surface area (Å²) in [4.78, 5) is 0. The zero-order chi connectivity index (χ0) is 13.2. The second kappa shape index (κ2) is 5.31. The molecule has 2 heteroatoms. The van der Waals surface area contributed by atoms with Crippen molar-refractivity contribution in [3.05, 3.63) is 28.8 Å². The highest BCUT2D eigenvalue weighted by Gasteiger charge is 2.33. The molecule has 0 bridgehead atoms. The van der Waals surface area contributed by atoms with Crippen LogP contribution in [-0.4, -0.2) is 13.7 Å². The summed E-state index contributed by atoms with van der Waals surface area (Å²) in [6.07, 6.45) is 6.24. The van der Waals surface area contributed by atoms with Crippen LogP contribution in [0.2, 0.25) is 0 Å². The smallest absolute Gasteiger partial charge is 0.124 e. The van der Waals surface area contributed by atoms with Crippen LogP contribution in [0.25, 0.3) is 0 Å². The van der Waals surface area contributed by atoms with Gasteiger partial charge in [-0.1, -0.05) is 30.5 Å². The predicted octanol–water partition coefficient (Wildman–Crippen LogP) is 3.37. The normalized spacial score (nSPS) is 18.0. The summed E-state index contributed by atoms with van der Waals surface area (Å²) in [6.45, 7) is 5.07. The molecule has 1 aliphatic rings. The number of ether oxygens (including phenoxy) is 1. The topological polar surface area (TPSA) is 35.2 Å². The molecule has 2 N–H and O–H groups in total. The summed E-state index contributed by atoms with van der Waals surface area (Å²) in [6, 6.07) is 4.45. The lowest BCUT2D eigenvalue weighted by atomic mass is 9.79. The van der Waals surface area contributed by atoms with Gasteiger partial charge < -0.3 is 10.5 Å². The quantitative estimate of drug-likeness (QED) is 0.885. The molecule has 0 atom stereocenters. The number of hydrogen-bond donors (Lipinski definition) is 1. The molecule has 0 radical (unpaired) electrons. The SMILES string of the molecule is COc1c(C)cc(C)cc1CC1(CN)CCCC1. The lowest BCUT2D eigenvalue weighted by molar-refractivity contribution is 0.300. The van der Waals surface area contributed by atoms with E-state index in [1.807, 2.05) is 0 Å². The molecule has 0 unspecified atom stereocenters. The highest BCUT2D eigenvalue weighted by atomic mass is 16.5. The zero-order valence-corrected chi connectivity index (χ0v) is 11.9. The van der Waals surface area contributed by atoms with Crippen molar-refractivity contribution in [1.29, 1.82) is 0 Å². The molecular weight excluding hydrogens is 222 g/mol. The average molecular weight is 247 g/mol. The van der Waals surface area contributed by atoms with Crippen molar-refractivity contribution >= 4 is 0 Å². The van der Waals surface area contributed by atoms with Crippen molar-refractivity contribution in [1.82, 2.24) is 0 Å². The fourth-order valence-corrected chi connectivity index (χ4v) is 3.45. The highest BCUT2D eigenvalue weighted by Crippen LogP contribution is 2.42. The monoisotopic (exact) mass is 247 g/mol. The van der Waals surface area contributed by atoms with E-state index in [4.69, 9.17) is 10.5 Å². The van der Waals surface area contributed by atoms with Gasteiger partial charge in [0, 0.05) is 0 Å². The number of hydrogen-bond acceptors (Lipinski definition) is 2. The number of methoxy groups -OCH3 is 1. The first-order valence-corrected chi connectivity index (χ1v) is 6.94. The molecule has 0 heterocycles. The lowest BCUT2D eigenvalue weighted by Crippen LogP contribution is -2.30. The molecule has 2 nitrogen and oxygen atoms in total. The number of benzene rings is 1. The molecule has 0 saturated heterocycles. The fourth-order valence-electron chi connectivity index (χ4n) is 3.45. The van der Waals surface area contributed by atoms with Gasteiger partial charge in [0.1, 0.15) is 5.75 Å². The Labute approximate surface area is 111 Å². The van der Waals surface area contributed by atoms with Gasteiger partial charge in [-0.3, -0.25) is 0 Å². The van der Waals surface area contributed by atoms with E-state index in [1.54, 1.807) is 7.11 Å². The van der Waals surface area contributed by atoms with E-state index >= 15 is 0 Å². The van der Waals surface area contributed by atoms with Crippen LogP contribution in [0.1, 0.15) is 42.4 Å². The minimum atomic E-state index is 0.313. The van der Waals surface area contributed by atoms with Crippen LogP contribution in [0.15, 0.2) is 12.1 Å². The first-order chi connectivity index (χ1) is 8.60. The van der Waals surface area contributed by atoms with E-state index in [-0.39, 0.29) is 0 Å². The van der Waals surface area contributed by atoms with E-state index in [1.165, 1.54) is 42.4 Å². The van der Waals surface area contributed by atoms with Gasteiger partial charge in [0.2, 0.25) is 0 Å². The van der Waals surface area contributed by atoms with E-state index in [0.717, 1.165) is 18.7 Å². The Morgan fingerprint density at radius 1 is 1.22 bits per heavy atom. The molecule has 1 aliphatic carbocycles. The van der Waals surface area contributed by atoms with Crippen LogP contribution in [0.4, 0.5) is 0 Å². The van der Waals surface area contributed by atoms with Crippen molar-refractivity contribution < 1.29 is 4.74 Å². The first-order valence-electron chi connectivity index (χ1n) is 6.94. The summed E-state index contributed by atoms with van der Waals surface area (Å²) in [7, 11) is 1.77. The highest BCUT2D eigenvalue weighted by molar-refractivity contribution is 5.44. The van der Waals surface area contributed by atoms with E-state index in [9.17, 15) is 0 Å². The number of rotatable bonds is 4. The number of nitrogens with two attached hydrogens (primary N) is 1. The molecule has 0 aromatic heterocycles. The van der Waals surface area contributed by atoms with Gasteiger partial charge in [0.15, 0.2) is 0 Å². The first kappa shape index (κ1) is 13.4. The maximum absolute atomic E-state index is 6.04. The molecule has 2 rings (SSSR count). The second-order valence-corrected chi connectivity index (χ2v) is 5.86. The van der Waals surface area contributed by atoms with Crippen LogP contribution < -0.4 is 10.5 Å². The Balaban J connectivity index is 2.32. The third-order valence-corrected chi connectivity index (χ3v) is 4.36. The van der Waals surface area contributed by atoms with Crippen molar-refractivity contribution in [2.24, 2.45) is 11.1 Å². The molecule has 0 spiro atoms. The van der Waals surface area contributed by atoms with Gasteiger partial charge in [-0.15, -0.1) is 0 Å². The van der Waals surface area contributed by atoms with Crippen LogP contribution in [0.5, 0.6) is 5.75 Å². The molecule has 100 valence electrons. The van der Waals surface area contributed by atoms with Crippen molar-refractivity contribution in [3.63, 3.8) is 0 Å². The van der Waals surface area contributed by atoms with Crippen molar-refractivity contribution in [3.8, 4) is 5.75 Å². The summed E-state index contributed by atoms with van der Waals surface area (Å²) >= 11 is 0. The fraction of sp³-hybridized carbons (Fsp3) is 0.625.